The Hall–Kier alpha value is -0.680. The van der Waals surface area contributed by atoms with Gasteiger partial charge in [0, 0.05) is 70.2 Å². The topological polar surface area (TPSA) is 65.9 Å². The third-order valence-electron chi connectivity index (χ3n) is 4.41. The van der Waals surface area contributed by atoms with Gasteiger partial charge < -0.3 is 19.9 Å². The van der Waals surface area contributed by atoms with Crippen LogP contribution in [-0.2, 0) is 11.2 Å². The predicted octanol–water partition coefficient (Wildman–Crippen LogP) is 1.45. The molecule has 0 bridgehead atoms. The fraction of sp³-hybridized carbons (Fsp3) is 0.800. The largest absolute Gasteiger partial charge is 0.381 e. The van der Waals surface area contributed by atoms with Crippen molar-refractivity contribution in [3.63, 3.8) is 0 Å². The van der Waals surface area contributed by atoms with Gasteiger partial charge in [-0.25, -0.2) is 4.98 Å². The summed E-state index contributed by atoms with van der Waals surface area (Å²) >= 11 is 1.51. The lowest BCUT2D eigenvalue weighted by Crippen LogP contribution is -2.53. The van der Waals surface area contributed by atoms with Gasteiger partial charge in [-0.15, -0.1) is 24.0 Å². The summed E-state index contributed by atoms with van der Waals surface area (Å²) in [5, 5.41) is 4.55. The summed E-state index contributed by atoms with van der Waals surface area (Å²) in [5.41, 5.74) is 0. The first-order valence-corrected chi connectivity index (χ1v) is 9.18. The number of aryl methyl sites for hydroxylation is 1. The number of rotatable bonds is 4. The standard InChI is InChI=1S/C15H26N6OS.HI/c1-3-13-18-15(23-19-13)21-7-5-20(6-8-21)14(16-2)17-10-12-4-9-22-11-12;/h12H,3-11H2,1-2H3,(H,16,17);1H. The van der Waals surface area contributed by atoms with Gasteiger partial charge in [0.25, 0.3) is 0 Å². The normalized spacial score (nSPS) is 21.8. The number of piperazine rings is 1. The van der Waals surface area contributed by atoms with Crippen molar-refractivity contribution >= 4 is 46.6 Å². The Morgan fingerprint density at radius 3 is 2.75 bits per heavy atom. The highest BCUT2D eigenvalue weighted by Gasteiger charge is 2.23. The number of aromatic nitrogens is 2. The number of ether oxygens (including phenoxy) is 1. The van der Waals surface area contributed by atoms with E-state index < -0.39 is 0 Å². The molecule has 2 saturated heterocycles. The van der Waals surface area contributed by atoms with E-state index >= 15 is 0 Å². The Balaban J connectivity index is 0.00000208. The molecule has 0 saturated carbocycles. The van der Waals surface area contributed by atoms with Gasteiger partial charge in [-0.1, -0.05) is 6.92 Å². The summed E-state index contributed by atoms with van der Waals surface area (Å²) in [7, 11) is 1.86. The first-order valence-electron chi connectivity index (χ1n) is 8.41. The lowest BCUT2D eigenvalue weighted by molar-refractivity contribution is 0.186. The average molecular weight is 466 g/mol. The van der Waals surface area contributed by atoms with E-state index in [9.17, 15) is 0 Å². The van der Waals surface area contributed by atoms with Gasteiger partial charge in [0.15, 0.2) is 5.96 Å². The summed E-state index contributed by atoms with van der Waals surface area (Å²) in [5.74, 6) is 2.56. The van der Waals surface area contributed by atoms with Gasteiger partial charge in [-0.05, 0) is 6.42 Å². The molecule has 1 unspecified atom stereocenters. The number of nitrogens with zero attached hydrogens (tertiary/aromatic N) is 5. The molecule has 3 heterocycles. The molecule has 24 heavy (non-hydrogen) atoms. The minimum Gasteiger partial charge on any atom is -0.381 e. The first-order chi connectivity index (χ1) is 11.3. The first kappa shape index (κ1) is 19.6. The second kappa shape index (κ2) is 9.71. The van der Waals surface area contributed by atoms with Crippen molar-refractivity contribution in [3.8, 4) is 0 Å². The Morgan fingerprint density at radius 1 is 1.38 bits per heavy atom. The molecule has 3 rings (SSSR count). The zero-order chi connectivity index (χ0) is 16.1. The van der Waals surface area contributed by atoms with Crippen molar-refractivity contribution in [3.05, 3.63) is 5.82 Å². The third-order valence-corrected chi connectivity index (χ3v) is 5.22. The SMILES string of the molecule is CCc1nsc(N2CCN(C(=NC)NCC3CCOC3)CC2)n1.I. The molecule has 0 aromatic carbocycles. The molecule has 7 nitrogen and oxygen atoms in total. The Labute approximate surface area is 165 Å². The van der Waals surface area contributed by atoms with Crippen LogP contribution in [0, 0.1) is 5.92 Å². The zero-order valence-corrected chi connectivity index (χ0v) is 17.5. The Bertz CT molecular complexity index is 526. The number of guanidine groups is 1. The second-order valence-corrected chi connectivity index (χ2v) is 6.71. The Kier molecular flexibility index (Phi) is 7.95. The van der Waals surface area contributed by atoms with Gasteiger partial charge in [0.1, 0.15) is 5.82 Å². The number of anilines is 1. The van der Waals surface area contributed by atoms with Crippen molar-refractivity contribution in [2.75, 3.05) is 57.9 Å². The molecule has 0 radical (unpaired) electrons. The number of halogens is 1. The molecular formula is C15H27IN6OS. The van der Waals surface area contributed by atoms with Crippen molar-refractivity contribution < 1.29 is 4.74 Å². The maximum absolute atomic E-state index is 5.43. The van der Waals surface area contributed by atoms with Gasteiger partial charge in [0.2, 0.25) is 5.13 Å². The van der Waals surface area contributed by atoms with Gasteiger partial charge in [-0.3, -0.25) is 4.99 Å². The van der Waals surface area contributed by atoms with Crippen LogP contribution in [0.15, 0.2) is 4.99 Å². The molecule has 9 heteroatoms. The quantitative estimate of drug-likeness (QED) is 0.412. The van der Waals surface area contributed by atoms with Crippen molar-refractivity contribution in [2.24, 2.45) is 10.9 Å². The highest BCUT2D eigenvalue weighted by Crippen LogP contribution is 2.19. The number of hydrogen-bond donors (Lipinski definition) is 1. The van der Waals surface area contributed by atoms with Crippen LogP contribution in [0.2, 0.25) is 0 Å². The summed E-state index contributed by atoms with van der Waals surface area (Å²) in [4.78, 5) is 13.7. The summed E-state index contributed by atoms with van der Waals surface area (Å²) < 4.78 is 9.81. The van der Waals surface area contributed by atoms with E-state index in [2.05, 4.69) is 36.4 Å². The molecule has 1 aromatic rings. The van der Waals surface area contributed by atoms with Crippen LogP contribution in [0.5, 0.6) is 0 Å². The predicted molar refractivity (Wildman–Crippen MR) is 109 cm³/mol. The van der Waals surface area contributed by atoms with Crippen LogP contribution in [0.1, 0.15) is 19.2 Å². The second-order valence-electron chi connectivity index (χ2n) is 5.98. The molecule has 1 atom stereocenters. The minimum absolute atomic E-state index is 0. The molecule has 0 amide bonds. The monoisotopic (exact) mass is 466 g/mol. The molecule has 1 N–H and O–H groups in total. The lowest BCUT2D eigenvalue weighted by Gasteiger charge is -2.36. The van der Waals surface area contributed by atoms with E-state index in [1.807, 2.05) is 7.05 Å². The molecule has 0 spiro atoms. The van der Waals surface area contributed by atoms with Crippen LogP contribution in [0.25, 0.3) is 0 Å². The van der Waals surface area contributed by atoms with Crippen molar-refractivity contribution in [2.45, 2.75) is 19.8 Å². The Morgan fingerprint density at radius 2 is 2.17 bits per heavy atom. The average Bonchev–Trinajstić information content (AvgIpc) is 3.27. The van der Waals surface area contributed by atoms with Crippen molar-refractivity contribution in [1.29, 1.82) is 0 Å². The number of nitrogens with one attached hydrogen (secondary N) is 1. The number of aliphatic imine (C=N–C) groups is 1. The maximum Gasteiger partial charge on any atom is 0.205 e. The van der Waals surface area contributed by atoms with E-state index in [1.165, 1.54) is 11.5 Å². The van der Waals surface area contributed by atoms with Crippen LogP contribution in [-0.4, -0.2) is 73.2 Å². The van der Waals surface area contributed by atoms with E-state index in [-0.39, 0.29) is 24.0 Å². The number of hydrogen-bond acceptors (Lipinski definition) is 6. The summed E-state index contributed by atoms with van der Waals surface area (Å²) in [6.45, 7) is 8.65. The molecule has 2 fully saturated rings. The van der Waals surface area contributed by atoms with Gasteiger partial charge in [-0.2, -0.15) is 4.37 Å². The van der Waals surface area contributed by atoms with Gasteiger partial charge in [0.05, 0.1) is 6.61 Å². The molecule has 2 aliphatic rings. The van der Waals surface area contributed by atoms with E-state index in [4.69, 9.17) is 4.74 Å². The van der Waals surface area contributed by atoms with E-state index in [0.29, 0.717) is 5.92 Å². The summed E-state index contributed by atoms with van der Waals surface area (Å²) in [6, 6.07) is 0. The van der Waals surface area contributed by atoms with Crippen LogP contribution in [0.3, 0.4) is 0 Å². The minimum atomic E-state index is 0. The third kappa shape index (κ3) is 4.92. The van der Waals surface area contributed by atoms with Crippen molar-refractivity contribution in [1.82, 2.24) is 19.6 Å². The fourth-order valence-corrected chi connectivity index (χ4v) is 3.74. The smallest absolute Gasteiger partial charge is 0.205 e. The van der Waals surface area contributed by atoms with E-state index in [0.717, 1.165) is 75.7 Å². The van der Waals surface area contributed by atoms with Crippen LogP contribution < -0.4 is 10.2 Å². The maximum atomic E-state index is 5.43. The highest BCUT2D eigenvalue weighted by molar-refractivity contribution is 14.0. The molecule has 0 aliphatic carbocycles. The highest BCUT2D eigenvalue weighted by atomic mass is 127. The molecule has 136 valence electrons. The van der Waals surface area contributed by atoms with E-state index in [1.54, 1.807) is 0 Å². The molecular weight excluding hydrogens is 439 g/mol. The fourth-order valence-electron chi connectivity index (χ4n) is 2.94. The summed E-state index contributed by atoms with van der Waals surface area (Å²) in [6.07, 6.45) is 2.05. The van der Waals surface area contributed by atoms with Gasteiger partial charge >= 0.3 is 0 Å². The van der Waals surface area contributed by atoms with Crippen LogP contribution in [0.4, 0.5) is 5.13 Å². The van der Waals surface area contributed by atoms with Crippen LogP contribution >= 0.6 is 35.5 Å². The molecule has 1 aromatic heterocycles. The molecule has 2 aliphatic heterocycles. The zero-order valence-electron chi connectivity index (χ0n) is 14.4. The lowest BCUT2D eigenvalue weighted by atomic mass is 10.1.